The van der Waals surface area contributed by atoms with E-state index in [1.54, 1.807) is 12.1 Å². The summed E-state index contributed by atoms with van der Waals surface area (Å²) < 4.78 is 4.60. The molecular weight excluding hydrogens is 274 g/mol. The maximum atomic E-state index is 11.8. The second-order valence-corrected chi connectivity index (χ2v) is 3.92. The van der Waals surface area contributed by atoms with E-state index in [0.29, 0.717) is 11.0 Å². The third-order valence-corrected chi connectivity index (χ3v) is 2.50. The van der Waals surface area contributed by atoms with Crippen LogP contribution in [0.25, 0.3) is 0 Å². The fourth-order valence-electron chi connectivity index (χ4n) is 1.37. The van der Waals surface area contributed by atoms with Crippen molar-refractivity contribution in [2.45, 2.75) is 6.42 Å². The summed E-state index contributed by atoms with van der Waals surface area (Å²) >= 11 is 3.17. The van der Waals surface area contributed by atoms with Crippen LogP contribution in [0.4, 0.5) is 5.69 Å². The molecule has 2 N–H and O–H groups in total. The molecule has 0 saturated heterocycles. The van der Waals surface area contributed by atoms with Gasteiger partial charge in [0, 0.05) is 17.4 Å². The Morgan fingerprint density at radius 3 is 2.69 bits per heavy atom. The van der Waals surface area contributed by atoms with Crippen molar-refractivity contribution in [2.24, 2.45) is 0 Å². The third kappa shape index (κ3) is 2.61. The summed E-state index contributed by atoms with van der Waals surface area (Å²) in [6.07, 6.45) is 0.290. The van der Waals surface area contributed by atoms with E-state index >= 15 is 0 Å². The number of esters is 1. The van der Waals surface area contributed by atoms with E-state index < -0.39 is 5.97 Å². The Morgan fingerprint density at radius 1 is 1.44 bits per heavy atom. The standard InChI is InChI=1S/C11H12BrNO3/c1-16-11(15)7-3-2-4-8(13)10(7)9(14)5-6-12/h2-4H,5-6,13H2,1H3. The van der Waals surface area contributed by atoms with Gasteiger partial charge in [-0.2, -0.15) is 0 Å². The number of alkyl halides is 1. The highest BCUT2D eigenvalue weighted by Crippen LogP contribution is 2.20. The summed E-state index contributed by atoms with van der Waals surface area (Å²) in [4.78, 5) is 23.2. The van der Waals surface area contributed by atoms with Crippen LogP contribution in [-0.4, -0.2) is 24.2 Å². The summed E-state index contributed by atoms with van der Waals surface area (Å²) in [6.45, 7) is 0. The molecule has 0 radical (unpaired) electrons. The van der Waals surface area contributed by atoms with Gasteiger partial charge in [-0.1, -0.05) is 22.0 Å². The van der Waals surface area contributed by atoms with Crippen molar-refractivity contribution in [2.75, 3.05) is 18.2 Å². The lowest BCUT2D eigenvalue weighted by molar-refractivity contribution is 0.0597. The molecule has 0 aliphatic rings. The Balaban J connectivity index is 3.23. The first-order valence-electron chi connectivity index (χ1n) is 4.67. The predicted molar refractivity (Wildman–Crippen MR) is 64.9 cm³/mol. The van der Waals surface area contributed by atoms with Gasteiger partial charge in [-0.05, 0) is 12.1 Å². The molecule has 86 valence electrons. The van der Waals surface area contributed by atoms with E-state index in [9.17, 15) is 9.59 Å². The van der Waals surface area contributed by atoms with Crippen LogP contribution in [0.1, 0.15) is 27.1 Å². The van der Waals surface area contributed by atoms with E-state index in [4.69, 9.17) is 5.73 Å². The summed E-state index contributed by atoms with van der Waals surface area (Å²) in [5.74, 6) is -0.722. The normalized spacial score (nSPS) is 9.88. The predicted octanol–water partition coefficient (Wildman–Crippen LogP) is 2.02. The average molecular weight is 286 g/mol. The maximum absolute atomic E-state index is 11.8. The molecule has 0 amide bonds. The van der Waals surface area contributed by atoms with Gasteiger partial charge in [0.05, 0.1) is 18.2 Å². The molecule has 5 heteroatoms. The molecule has 0 aromatic heterocycles. The minimum absolute atomic E-state index is 0.171. The van der Waals surface area contributed by atoms with Crippen molar-refractivity contribution < 1.29 is 14.3 Å². The van der Waals surface area contributed by atoms with E-state index in [-0.39, 0.29) is 23.3 Å². The molecule has 16 heavy (non-hydrogen) atoms. The lowest BCUT2D eigenvalue weighted by Crippen LogP contribution is -2.13. The van der Waals surface area contributed by atoms with Gasteiger partial charge in [-0.25, -0.2) is 4.79 Å². The molecule has 0 unspecified atom stereocenters. The van der Waals surface area contributed by atoms with Crippen molar-refractivity contribution >= 4 is 33.4 Å². The van der Waals surface area contributed by atoms with Gasteiger partial charge in [0.1, 0.15) is 0 Å². The smallest absolute Gasteiger partial charge is 0.338 e. The molecule has 0 heterocycles. The summed E-state index contributed by atoms with van der Waals surface area (Å²) in [7, 11) is 1.27. The number of methoxy groups -OCH3 is 1. The zero-order valence-electron chi connectivity index (χ0n) is 8.83. The van der Waals surface area contributed by atoms with Gasteiger partial charge >= 0.3 is 5.97 Å². The molecule has 1 aromatic rings. The van der Waals surface area contributed by atoms with Gasteiger partial charge in [-0.3, -0.25) is 4.79 Å². The maximum Gasteiger partial charge on any atom is 0.338 e. The number of carbonyl (C=O) groups is 2. The lowest BCUT2D eigenvalue weighted by Gasteiger charge is -2.08. The number of rotatable bonds is 4. The Morgan fingerprint density at radius 2 is 2.12 bits per heavy atom. The van der Waals surface area contributed by atoms with Crippen molar-refractivity contribution in [1.82, 2.24) is 0 Å². The largest absolute Gasteiger partial charge is 0.465 e. The zero-order chi connectivity index (χ0) is 12.1. The molecule has 0 atom stereocenters. The highest BCUT2D eigenvalue weighted by molar-refractivity contribution is 9.09. The Kier molecular flexibility index (Phi) is 4.49. The SMILES string of the molecule is COC(=O)c1cccc(N)c1C(=O)CCBr. The number of halogens is 1. The monoisotopic (exact) mass is 285 g/mol. The van der Waals surface area contributed by atoms with Crippen LogP contribution in [0.2, 0.25) is 0 Å². The summed E-state index contributed by atoms with van der Waals surface area (Å²) in [5.41, 5.74) is 6.46. The molecular formula is C11H12BrNO3. The van der Waals surface area contributed by atoms with Crippen LogP contribution in [-0.2, 0) is 4.74 Å². The van der Waals surface area contributed by atoms with Gasteiger partial charge in [0.25, 0.3) is 0 Å². The number of carbonyl (C=O) groups excluding carboxylic acids is 2. The van der Waals surface area contributed by atoms with Crippen LogP contribution in [0.5, 0.6) is 0 Å². The minimum Gasteiger partial charge on any atom is -0.465 e. The molecule has 0 spiro atoms. The highest BCUT2D eigenvalue weighted by Gasteiger charge is 2.19. The Labute approximate surface area is 102 Å². The number of hydrogen-bond donors (Lipinski definition) is 1. The molecule has 4 nitrogen and oxygen atoms in total. The quantitative estimate of drug-likeness (QED) is 0.398. The minimum atomic E-state index is -0.551. The van der Waals surface area contributed by atoms with Crippen LogP contribution >= 0.6 is 15.9 Å². The van der Waals surface area contributed by atoms with Gasteiger partial charge in [-0.15, -0.1) is 0 Å². The molecule has 0 aliphatic carbocycles. The van der Waals surface area contributed by atoms with Gasteiger partial charge in [0.2, 0.25) is 0 Å². The molecule has 0 bridgehead atoms. The van der Waals surface area contributed by atoms with Crippen molar-refractivity contribution in [3.8, 4) is 0 Å². The number of nitrogen functional groups attached to an aromatic ring is 1. The van der Waals surface area contributed by atoms with E-state index in [0.717, 1.165) is 0 Å². The fourth-order valence-corrected chi connectivity index (χ4v) is 1.73. The van der Waals surface area contributed by atoms with E-state index in [1.807, 2.05) is 0 Å². The Hall–Kier alpha value is -1.36. The van der Waals surface area contributed by atoms with Crippen LogP contribution in [0.3, 0.4) is 0 Å². The summed E-state index contributed by atoms with van der Waals surface area (Å²) in [5, 5.41) is 0.529. The topological polar surface area (TPSA) is 69.4 Å². The molecule has 0 aliphatic heterocycles. The lowest BCUT2D eigenvalue weighted by atomic mass is 10.00. The number of ether oxygens (including phenoxy) is 1. The number of Topliss-reactive ketones (excluding diaryl/α,β-unsaturated/α-hetero) is 1. The number of hydrogen-bond acceptors (Lipinski definition) is 4. The van der Waals surface area contributed by atoms with E-state index in [1.165, 1.54) is 13.2 Å². The molecule has 0 saturated carbocycles. The number of nitrogens with two attached hydrogens (primary N) is 1. The van der Waals surface area contributed by atoms with Crippen LogP contribution in [0, 0.1) is 0 Å². The van der Waals surface area contributed by atoms with Crippen molar-refractivity contribution in [1.29, 1.82) is 0 Å². The van der Waals surface area contributed by atoms with Gasteiger partial charge < -0.3 is 10.5 Å². The first-order chi connectivity index (χ1) is 7.61. The molecule has 0 fully saturated rings. The van der Waals surface area contributed by atoms with Crippen LogP contribution in [0.15, 0.2) is 18.2 Å². The van der Waals surface area contributed by atoms with Gasteiger partial charge in [0.15, 0.2) is 5.78 Å². The highest BCUT2D eigenvalue weighted by atomic mass is 79.9. The third-order valence-electron chi connectivity index (χ3n) is 2.10. The molecule has 1 aromatic carbocycles. The molecule has 1 rings (SSSR count). The van der Waals surface area contributed by atoms with Crippen molar-refractivity contribution in [3.63, 3.8) is 0 Å². The number of anilines is 1. The number of benzene rings is 1. The first kappa shape index (κ1) is 12.7. The zero-order valence-corrected chi connectivity index (χ0v) is 10.4. The second kappa shape index (κ2) is 5.65. The first-order valence-corrected chi connectivity index (χ1v) is 5.80. The van der Waals surface area contributed by atoms with Crippen molar-refractivity contribution in [3.05, 3.63) is 29.3 Å². The fraction of sp³-hybridized carbons (Fsp3) is 0.273. The van der Waals surface area contributed by atoms with E-state index in [2.05, 4.69) is 20.7 Å². The number of ketones is 1. The Bertz CT molecular complexity index is 418. The van der Waals surface area contributed by atoms with Crippen LogP contribution < -0.4 is 5.73 Å². The average Bonchev–Trinajstić information content (AvgIpc) is 2.27. The summed E-state index contributed by atoms with van der Waals surface area (Å²) in [6, 6.07) is 4.74. The second-order valence-electron chi connectivity index (χ2n) is 3.12.